The maximum atomic E-state index is 11.8. The van der Waals surface area contributed by atoms with Gasteiger partial charge in [0.2, 0.25) is 10.0 Å². The van der Waals surface area contributed by atoms with Crippen LogP contribution in [-0.4, -0.2) is 26.7 Å². The van der Waals surface area contributed by atoms with Crippen molar-refractivity contribution in [1.29, 1.82) is 0 Å². The molecule has 0 saturated carbocycles. The summed E-state index contributed by atoms with van der Waals surface area (Å²) in [4.78, 5) is 0. The molecule has 1 unspecified atom stereocenters. The third kappa shape index (κ3) is 6.56. The first kappa shape index (κ1) is 15.9. The van der Waals surface area contributed by atoms with Crippen molar-refractivity contribution in [2.24, 2.45) is 5.92 Å². The number of benzene rings is 1. The van der Waals surface area contributed by atoms with Gasteiger partial charge >= 0.3 is 0 Å². The Kier molecular flexibility index (Phi) is 6.27. The number of hydrogen-bond donors (Lipinski definition) is 3. The number of nitrogens with one attached hydrogen (secondary N) is 1. The number of aliphatic hydroxyl groups excluding tert-OH is 1. The molecule has 0 bridgehead atoms. The van der Waals surface area contributed by atoms with Crippen LogP contribution in [0.2, 0.25) is 0 Å². The van der Waals surface area contributed by atoms with Crippen molar-refractivity contribution >= 4 is 15.7 Å². The molecule has 0 amide bonds. The van der Waals surface area contributed by atoms with E-state index in [4.69, 9.17) is 10.8 Å². The van der Waals surface area contributed by atoms with Crippen LogP contribution in [0.3, 0.4) is 0 Å². The van der Waals surface area contributed by atoms with Crippen molar-refractivity contribution in [2.45, 2.75) is 25.5 Å². The summed E-state index contributed by atoms with van der Waals surface area (Å²) in [7, 11) is -3.31. The van der Waals surface area contributed by atoms with E-state index in [-0.39, 0.29) is 18.3 Å². The summed E-state index contributed by atoms with van der Waals surface area (Å²) in [6.07, 6.45) is 1.53. The zero-order chi connectivity index (χ0) is 14.3. The van der Waals surface area contributed by atoms with Gasteiger partial charge in [-0.25, -0.2) is 13.1 Å². The lowest BCUT2D eigenvalue weighted by atomic mass is 10.1. The topological polar surface area (TPSA) is 92.4 Å². The smallest absolute Gasteiger partial charge is 0.215 e. The first-order valence-corrected chi connectivity index (χ1v) is 8.01. The Morgan fingerprint density at radius 1 is 1.32 bits per heavy atom. The third-order valence-electron chi connectivity index (χ3n) is 2.84. The van der Waals surface area contributed by atoms with Gasteiger partial charge in [0.25, 0.3) is 0 Å². The Morgan fingerprint density at radius 2 is 1.95 bits per heavy atom. The predicted molar refractivity (Wildman–Crippen MR) is 77.0 cm³/mol. The van der Waals surface area contributed by atoms with Crippen molar-refractivity contribution in [3.05, 3.63) is 29.8 Å². The Balaban J connectivity index is 2.38. The quantitative estimate of drug-likeness (QED) is 0.493. The first-order chi connectivity index (χ1) is 8.93. The molecule has 0 saturated heterocycles. The highest BCUT2D eigenvalue weighted by Crippen LogP contribution is 2.09. The molecule has 1 aromatic rings. The minimum Gasteiger partial charge on any atom is -0.399 e. The van der Waals surface area contributed by atoms with Gasteiger partial charge in [-0.15, -0.1) is 0 Å². The highest BCUT2D eigenvalue weighted by atomic mass is 32.2. The molecular weight excluding hydrogens is 264 g/mol. The standard InChI is InChI=1S/C13H22N2O3S/c1-11(9-16)3-2-8-15-19(17,18)10-12-4-6-13(14)7-5-12/h4-7,11,15-16H,2-3,8-10,14H2,1H3. The third-order valence-corrected chi connectivity index (χ3v) is 4.20. The Labute approximate surface area is 114 Å². The average molecular weight is 286 g/mol. The summed E-state index contributed by atoms with van der Waals surface area (Å²) >= 11 is 0. The van der Waals surface area contributed by atoms with E-state index in [0.717, 1.165) is 12.8 Å². The van der Waals surface area contributed by atoms with Crippen LogP contribution in [0.4, 0.5) is 5.69 Å². The zero-order valence-electron chi connectivity index (χ0n) is 11.2. The molecule has 6 heteroatoms. The summed E-state index contributed by atoms with van der Waals surface area (Å²) in [5.74, 6) is 0.171. The lowest BCUT2D eigenvalue weighted by molar-refractivity contribution is 0.228. The van der Waals surface area contributed by atoms with Crippen LogP contribution >= 0.6 is 0 Å². The van der Waals surface area contributed by atoms with Crippen molar-refractivity contribution < 1.29 is 13.5 Å². The van der Waals surface area contributed by atoms with E-state index in [0.29, 0.717) is 17.8 Å². The fraction of sp³-hybridized carbons (Fsp3) is 0.538. The van der Waals surface area contributed by atoms with Gasteiger partial charge in [0.1, 0.15) is 0 Å². The summed E-state index contributed by atoms with van der Waals surface area (Å²) < 4.78 is 26.2. The maximum Gasteiger partial charge on any atom is 0.215 e. The second kappa shape index (κ2) is 7.47. The second-order valence-electron chi connectivity index (χ2n) is 4.82. The van der Waals surface area contributed by atoms with Crippen LogP contribution in [0.1, 0.15) is 25.3 Å². The molecule has 5 nitrogen and oxygen atoms in total. The monoisotopic (exact) mass is 286 g/mol. The molecule has 0 fully saturated rings. The van der Waals surface area contributed by atoms with E-state index in [1.807, 2.05) is 6.92 Å². The Morgan fingerprint density at radius 3 is 2.53 bits per heavy atom. The van der Waals surface area contributed by atoms with E-state index in [1.54, 1.807) is 24.3 Å². The van der Waals surface area contributed by atoms with Crippen LogP contribution in [0.15, 0.2) is 24.3 Å². The molecule has 1 rings (SSSR count). The van der Waals surface area contributed by atoms with E-state index < -0.39 is 10.0 Å². The van der Waals surface area contributed by atoms with Gasteiger partial charge < -0.3 is 10.8 Å². The number of aliphatic hydroxyl groups is 1. The lowest BCUT2D eigenvalue weighted by Crippen LogP contribution is -2.26. The molecule has 1 atom stereocenters. The van der Waals surface area contributed by atoms with E-state index in [1.165, 1.54) is 0 Å². The number of rotatable bonds is 8. The molecule has 108 valence electrons. The summed E-state index contributed by atoms with van der Waals surface area (Å²) in [5, 5.41) is 8.86. The van der Waals surface area contributed by atoms with Crippen molar-refractivity contribution in [2.75, 3.05) is 18.9 Å². The predicted octanol–water partition coefficient (Wildman–Crippen LogP) is 1.10. The molecule has 0 spiro atoms. The van der Waals surface area contributed by atoms with E-state index >= 15 is 0 Å². The number of nitrogen functional groups attached to an aromatic ring is 1. The molecular formula is C13H22N2O3S. The van der Waals surface area contributed by atoms with Gasteiger partial charge in [0, 0.05) is 18.8 Å². The maximum absolute atomic E-state index is 11.8. The fourth-order valence-corrected chi connectivity index (χ4v) is 2.84. The van der Waals surface area contributed by atoms with Crippen molar-refractivity contribution in [1.82, 2.24) is 4.72 Å². The minimum absolute atomic E-state index is 0.0389. The van der Waals surface area contributed by atoms with Gasteiger partial charge in [-0.05, 0) is 36.5 Å². The molecule has 19 heavy (non-hydrogen) atoms. The van der Waals surface area contributed by atoms with Crippen LogP contribution in [0.25, 0.3) is 0 Å². The number of sulfonamides is 1. The van der Waals surface area contributed by atoms with Gasteiger partial charge in [0.15, 0.2) is 0 Å². The molecule has 1 aromatic carbocycles. The normalized spacial score (nSPS) is 13.4. The molecule has 0 aliphatic carbocycles. The highest BCUT2D eigenvalue weighted by Gasteiger charge is 2.11. The number of hydrogen-bond acceptors (Lipinski definition) is 4. The average Bonchev–Trinajstić information content (AvgIpc) is 2.37. The van der Waals surface area contributed by atoms with Crippen molar-refractivity contribution in [3.63, 3.8) is 0 Å². The van der Waals surface area contributed by atoms with E-state index in [2.05, 4.69) is 4.72 Å². The second-order valence-corrected chi connectivity index (χ2v) is 6.63. The summed E-state index contributed by atoms with van der Waals surface area (Å²) in [6, 6.07) is 6.80. The van der Waals surface area contributed by atoms with Gasteiger partial charge in [-0.1, -0.05) is 19.1 Å². The van der Waals surface area contributed by atoms with Crippen LogP contribution in [0.5, 0.6) is 0 Å². The molecule has 0 heterocycles. The van der Waals surface area contributed by atoms with Gasteiger partial charge in [0.05, 0.1) is 5.75 Å². The first-order valence-electron chi connectivity index (χ1n) is 6.35. The number of anilines is 1. The van der Waals surface area contributed by atoms with Crippen LogP contribution < -0.4 is 10.5 Å². The highest BCUT2D eigenvalue weighted by molar-refractivity contribution is 7.88. The Hall–Kier alpha value is -1.11. The molecule has 0 aromatic heterocycles. The molecule has 0 radical (unpaired) electrons. The summed E-state index contributed by atoms with van der Waals surface area (Å²) in [5.41, 5.74) is 6.88. The zero-order valence-corrected chi connectivity index (χ0v) is 12.0. The van der Waals surface area contributed by atoms with Gasteiger partial charge in [-0.3, -0.25) is 0 Å². The largest absolute Gasteiger partial charge is 0.399 e. The minimum atomic E-state index is -3.31. The van der Waals surface area contributed by atoms with E-state index in [9.17, 15) is 8.42 Å². The fourth-order valence-electron chi connectivity index (χ4n) is 1.65. The Bertz CT molecular complexity index is 471. The molecule has 0 aliphatic heterocycles. The van der Waals surface area contributed by atoms with Crippen LogP contribution in [-0.2, 0) is 15.8 Å². The SMILES string of the molecule is CC(CO)CCCNS(=O)(=O)Cc1ccc(N)cc1. The van der Waals surface area contributed by atoms with Gasteiger partial charge in [-0.2, -0.15) is 0 Å². The summed E-state index contributed by atoms with van der Waals surface area (Å²) in [6.45, 7) is 2.47. The van der Waals surface area contributed by atoms with Crippen LogP contribution in [0, 0.1) is 5.92 Å². The van der Waals surface area contributed by atoms with Crippen molar-refractivity contribution in [3.8, 4) is 0 Å². The number of nitrogens with two attached hydrogens (primary N) is 1. The lowest BCUT2D eigenvalue weighted by Gasteiger charge is -2.09. The molecule has 4 N–H and O–H groups in total. The molecule has 0 aliphatic rings.